The minimum atomic E-state index is -0.714. The van der Waals surface area contributed by atoms with Crippen molar-refractivity contribution >= 4 is 22.5 Å². The van der Waals surface area contributed by atoms with E-state index in [1.54, 1.807) is 25.1 Å². The molecule has 2 heterocycles. The summed E-state index contributed by atoms with van der Waals surface area (Å²) in [4.78, 5) is 23.8. The molecule has 4 aromatic rings. The van der Waals surface area contributed by atoms with Gasteiger partial charge in [0.05, 0.1) is 22.6 Å². The second kappa shape index (κ2) is 7.14. The summed E-state index contributed by atoms with van der Waals surface area (Å²) >= 11 is 0. The van der Waals surface area contributed by atoms with Crippen LogP contribution in [0.15, 0.2) is 51.9 Å². The monoisotopic (exact) mass is 407 g/mol. The highest BCUT2D eigenvalue weighted by Crippen LogP contribution is 2.32. The van der Waals surface area contributed by atoms with Crippen molar-refractivity contribution < 1.29 is 18.8 Å². The minimum absolute atomic E-state index is 0.0626. The Bertz CT molecular complexity index is 1350. The maximum absolute atomic E-state index is 14.8. The van der Waals surface area contributed by atoms with Crippen molar-refractivity contribution in [1.82, 2.24) is 9.72 Å². The summed E-state index contributed by atoms with van der Waals surface area (Å²) in [5.41, 5.74) is 2.63. The molecule has 152 valence electrons. The number of aromatic hydroxyl groups is 1. The molecule has 0 unspecified atom stereocenters. The van der Waals surface area contributed by atoms with Crippen LogP contribution in [0.2, 0.25) is 0 Å². The van der Waals surface area contributed by atoms with Crippen molar-refractivity contribution in [1.29, 1.82) is 0 Å². The number of rotatable bonds is 3. The lowest BCUT2D eigenvalue weighted by Crippen LogP contribution is -2.10. The summed E-state index contributed by atoms with van der Waals surface area (Å²) in [6.07, 6.45) is 1.45. The number of nitrogens with zero attached hydrogens (tertiary/aromatic N) is 2. The molecule has 2 aromatic carbocycles. The third kappa shape index (κ3) is 3.22. The van der Waals surface area contributed by atoms with Gasteiger partial charge in [-0.15, -0.1) is 0 Å². The van der Waals surface area contributed by atoms with Gasteiger partial charge >= 0.3 is 0 Å². The lowest BCUT2D eigenvalue weighted by Gasteiger charge is -2.15. The third-order valence-corrected chi connectivity index (χ3v) is 4.86. The molecule has 8 heteroatoms. The molecule has 0 radical (unpaired) electrons. The van der Waals surface area contributed by atoms with E-state index in [1.165, 1.54) is 29.8 Å². The number of aromatic nitrogens is 2. The SMILES string of the molecule is CC(=O)Nc1cc(-n2ccc(=O)c3ccc(-c4c(C)noc4C)cc32)c(F)cc1O. The Balaban J connectivity index is 2.00. The molecule has 0 fully saturated rings. The molecule has 0 aliphatic heterocycles. The number of benzene rings is 2. The summed E-state index contributed by atoms with van der Waals surface area (Å²) in [5.74, 6) is -0.892. The first kappa shape index (κ1) is 19.4. The third-order valence-electron chi connectivity index (χ3n) is 4.86. The predicted molar refractivity (Wildman–Crippen MR) is 110 cm³/mol. The van der Waals surface area contributed by atoms with Gasteiger partial charge in [-0.2, -0.15) is 0 Å². The lowest BCUT2D eigenvalue weighted by atomic mass is 10.0. The average Bonchev–Trinajstić information content (AvgIpc) is 3.02. The molecule has 0 saturated carbocycles. The Morgan fingerprint density at radius 1 is 1.20 bits per heavy atom. The summed E-state index contributed by atoms with van der Waals surface area (Å²) in [6, 6.07) is 8.79. The number of carbonyl (C=O) groups excluding carboxylic acids is 1. The fourth-order valence-electron chi connectivity index (χ4n) is 3.54. The Morgan fingerprint density at radius 3 is 2.63 bits per heavy atom. The fourth-order valence-corrected chi connectivity index (χ4v) is 3.54. The van der Waals surface area contributed by atoms with E-state index in [0.29, 0.717) is 22.4 Å². The molecular weight excluding hydrogens is 389 g/mol. The van der Waals surface area contributed by atoms with Crippen LogP contribution >= 0.6 is 0 Å². The maximum atomic E-state index is 14.8. The molecule has 0 aliphatic carbocycles. The van der Waals surface area contributed by atoms with E-state index in [9.17, 15) is 19.1 Å². The average molecular weight is 407 g/mol. The van der Waals surface area contributed by atoms with Gasteiger partial charge in [0, 0.05) is 36.2 Å². The summed E-state index contributed by atoms with van der Waals surface area (Å²) in [7, 11) is 0. The topological polar surface area (TPSA) is 97.4 Å². The van der Waals surface area contributed by atoms with Gasteiger partial charge in [-0.3, -0.25) is 9.59 Å². The maximum Gasteiger partial charge on any atom is 0.221 e. The molecule has 30 heavy (non-hydrogen) atoms. The largest absolute Gasteiger partial charge is 0.506 e. The van der Waals surface area contributed by atoms with Gasteiger partial charge in [-0.05, 0) is 37.6 Å². The number of hydrogen-bond donors (Lipinski definition) is 2. The molecule has 2 aromatic heterocycles. The smallest absolute Gasteiger partial charge is 0.221 e. The number of anilines is 1. The highest BCUT2D eigenvalue weighted by Gasteiger charge is 2.16. The standard InChI is InChI=1S/C22H18FN3O4/c1-11-22(12(2)30-25-11)14-4-5-15-18(8-14)26(7-6-20(15)28)19-10-17(24-13(3)27)21(29)9-16(19)23/h4-10,29H,1-3H3,(H,24,27). The van der Waals surface area contributed by atoms with Gasteiger partial charge in [-0.1, -0.05) is 11.2 Å². The normalized spacial score (nSPS) is 11.1. The van der Waals surface area contributed by atoms with Gasteiger partial charge in [0.15, 0.2) is 11.2 Å². The van der Waals surface area contributed by atoms with E-state index < -0.39 is 17.5 Å². The highest BCUT2D eigenvalue weighted by molar-refractivity contribution is 5.91. The van der Waals surface area contributed by atoms with Crippen LogP contribution in [0, 0.1) is 19.7 Å². The van der Waals surface area contributed by atoms with E-state index in [2.05, 4.69) is 10.5 Å². The predicted octanol–water partition coefficient (Wildman–Crippen LogP) is 4.07. The minimum Gasteiger partial charge on any atom is -0.506 e. The second-order valence-electron chi connectivity index (χ2n) is 6.98. The molecule has 1 amide bonds. The van der Waals surface area contributed by atoms with Gasteiger partial charge in [0.25, 0.3) is 0 Å². The van der Waals surface area contributed by atoms with Gasteiger partial charge < -0.3 is 19.5 Å². The number of hydrogen-bond acceptors (Lipinski definition) is 5. The van der Waals surface area contributed by atoms with Crippen molar-refractivity contribution in [2.45, 2.75) is 20.8 Å². The first-order valence-corrected chi connectivity index (χ1v) is 9.15. The molecule has 2 N–H and O–H groups in total. The van der Waals surface area contributed by atoms with Crippen molar-refractivity contribution in [3.63, 3.8) is 0 Å². The Hall–Kier alpha value is -3.94. The quantitative estimate of drug-likeness (QED) is 0.499. The van der Waals surface area contributed by atoms with Gasteiger partial charge in [-0.25, -0.2) is 4.39 Å². The summed E-state index contributed by atoms with van der Waals surface area (Å²) in [5, 5.41) is 16.8. The molecule has 0 bridgehead atoms. The van der Waals surface area contributed by atoms with Crippen LogP contribution in [-0.4, -0.2) is 20.7 Å². The summed E-state index contributed by atoms with van der Waals surface area (Å²) < 4.78 is 21.5. The number of pyridine rings is 1. The van der Waals surface area contributed by atoms with E-state index in [4.69, 9.17) is 4.52 Å². The molecule has 0 aliphatic rings. The van der Waals surface area contributed by atoms with E-state index in [-0.39, 0.29) is 16.8 Å². The van der Waals surface area contributed by atoms with Crippen LogP contribution in [-0.2, 0) is 4.79 Å². The zero-order chi connectivity index (χ0) is 21.6. The molecule has 0 spiro atoms. The number of aryl methyl sites for hydroxylation is 2. The van der Waals surface area contributed by atoms with Crippen LogP contribution in [0.5, 0.6) is 5.75 Å². The number of phenolic OH excluding ortho intramolecular Hbond substituents is 1. The van der Waals surface area contributed by atoms with Gasteiger partial charge in [0.1, 0.15) is 11.5 Å². The van der Waals surface area contributed by atoms with Crippen molar-refractivity contribution in [2.75, 3.05) is 5.32 Å². The van der Waals surface area contributed by atoms with Crippen molar-refractivity contribution in [3.8, 4) is 22.6 Å². The van der Waals surface area contributed by atoms with Crippen LogP contribution in [0.4, 0.5) is 10.1 Å². The number of phenols is 1. The Labute approximate surface area is 170 Å². The molecule has 0 atom stereocenters. The second-order valence-corrected chi connectivity index (χ2v) is 6.98. The fraction of sp³-hybridized carbons (Fsp3) is 0.136. The lowest BCUT2D eigenvalue weighted by molar-refractivity contribution is -0.114. The first-order valence-electron chi connectivity index (χ1n) is 9.15. The summed E-state index contributed by atoms with van der Waals surface area (Å²) in [6.45, 7) is 4.89. The number of halogens is 1. The zero-order valence-electron chi connectivity index (χ0n) is 16.5. The molecule has 4 rings (SSSR count). The Kier molecular flexibility index (Phi) is 4.62. The van der Waals surface area contributed by atoms with E-state index >= 15 is 0 Å². The van der Waals surface area contributed by atoms with Crippen LogP contribution in [0.1, 0.15) is 18.4 Å². The van der Waals surface area contributed by atoms with E-state index in [0.717, 1.165) is 17.2 Å². The number of amides is 1. The van der Waals surface area contributed by atoms with Gasteiger partial charge in [0.2, 0.25) is 5.91 Å². The first-order chi connectivity index (χ1) is 14.3. The van der Waals surface area contributed by atoms with Crippen LogP contribution < -0.4 is 10.7 Å². The molecular formula is C22H18FN3O4. The van der Waals surface area contributed by atoms with E-state index in [1.807, 2.05) is 6.92 Å². The molecule has 0 saturated heterocycles. The number of carbonyl (C=O) groups is 1. The van der Waals surface area contributed by atoms with Crippen molar-refractivity contribution in [3.05, 3.63) is 70.1 Å². The number of fused-ring (bicyclic) bond motifs is 1. The van der Waals surface area contributed by atoms with Crippen LogP contribution in [0.3, 0.4) is 0 Å². The highest BCUT2D eigenvalue weighted by atomic mass is 19.1. The Morgan fingerprint density at radius 2 is 1.97 bits per heavy atom. The number of nitrogens with one attached hydrogen (secondary N) is 1. The molecule has 7 nitrogen and oxygen atoms in total. The van der Waals surface area contributed by atoms with Crippen molar-refractivity contribution in [2.24, 2.45) is 0 Å². The van der Waals surface area contributed by atoms with Crippen LogP contribution in [0.25, 0.3) is 27.7 Å². The zero-order valence-corrected chi connectivity index (χ0v) is 16.5.